The highest BCUT2D eigenvalue weighted by Gasteiger charge is 2.17. The number of anilines is 1. The number of carbonyl (C=O) groups excluding carboxylic acids is 1. The molecule has 1 aromatic carbocycles. The highest BCUT2D eigenvalue weighted by molar-refractivity contribution is 5.97. The van der Waals surface area contributed by atoms with Gasteiger partial charge in [0.25, 0.3) is 0 Å². The Morgan fingerprint density at radius 3 is 2.75 bits per heavy atom. The molecule has 2 N–H and O–H groups in total. The molecule has 0 aliphatic rings. The van der Waals surface area contributed by atoms with E-state index in [1.54, 1.807) is 25.3 Å². The third-order valence-electron chi connectivity index (χ3n) is 3.10. The van der Waals surface area contributed by atoms with Crippen LogP contribution in [-0.4, -0.2) is 17.1 Å². The first-order valence-corrected chi connectivity index (χ1v) is 6.68. The highest BCUT2D eigenvalue weighted by Crippen LogP contribution is 2.19. The Morgan fingerprint density at radius 2 is 2.10 bits per heavy atom. The molecule has 0 saturated heterocycles. The van der Waals surface area contributed by atoms with Gasteiger partial charge in [-0.05, 0) is 25.5 Å². The van der Waals surface area contributed by atoms with Gasteiger partial charge in [-0.15, -0.1) is 0 Å². The molecule has 0 saturated carbocycles. The standard InChI is InChI=1S/C15H18N2O3/c1-3-8-17-9-10(15(19)20-4-2)14(18)13-11(16)6-5-7-12(13)17/h5-7,9H,3-4,8,16H2,1-2H3. The fourth-order valence-corrected chi connectivity index (χ4v) is 2.24. The fourth-order valence-electron chi connectivity index (χ4n) is 2.24. The lowest BCUT2D eigenvalue weighted by atomic mass is 10.1. The number of esters is 1. The van der Waals surface area contributed by atoms with Crippen molar-refractivity contribution in [1.82, 2.24) is 4.57 Å². The molecule has 0 atom stereocenters. The molecular weight excluding hydrogens is 256 g/mol. The summed E-state index contributed by atoms with van der Waals surface area (Å²) in [4.78, 5) is 24.3. The van der Waals surface area contributed by atoms with Crippen molar-refractivity contribution in [3.05, 3.63) is 40.2 Å². The van der Waals surface area contributed by atoms with Crippen LogP contribution in [-0.2, 0) is 11.3 Å². The van der Waals surface area contributed by atoms with Crippen molar-refractivity contribution in [3.8, 4) is 0 Å². The van der Waals surface area contributed by atoms with Crippen LogP contribution in [0.4, 0.5) is 5.69 Å². The molecular formula is C15H18N2O3. The van der Waals surface area contributed by atoms with Gasteiger partial charge >= 0.3 is 5.97 Å². The van der Waals surface area contributed by atoms with E-state index in [4.69, 9.17) is 10.5 Å². The fraction of sp³-hybridized carbons (Fsp3) is 0.333. The summed E-state index contributed by atoms with van der Waals surface area (Å²) in [7, 11) is 0. The third-order valence-corrected chi connectivity index (χ3v) is 3.10. The van der Waals surface area contributed by atoms with Gasteiger partial charge < -0.3 is 15.0 Å². The number of nitrogens with zero attached hydrogens (tertiary/aromatic N) is 1. The molecule has 2 rings (SSSR count). The van der Waals surface area contributed by atoms with E-state index in [1.165, 1.54) is 0 Å². The van der Waals surface area contributed by atoms with Crippen molar-refractivity contribution >= 4 is 22.6 Å². The molecule has 0 radical (unpaired) electrons. The Morgan fingerprint density at radius 1 is 1.35 bits per heavy atom. The number of hydrogen-bond acceptors (Lipinski definition) is 4. The SMILES string of the molecule is CCCn1cc(C(=O)OCC)c(=O)c2c(N)cccc21. The van der Waals surface area contributed by atoms with Crippen LogP contribution in [0.5, 0.6) is 0 Å². The zero-order chi connectivity index (χ0) is 14.7. The average molecular weight is 274 g/mol. The van der Waals surface area contributed by atoms with Crippen LogP contribution in [0.3, 0.4) is 0 Å². The van der Waals surface area contributed by atoms with Gasteiger partial charge in [-0.2, -0.15) is 0 Å². The summed E-state index contributed by atoms with van der Waals surface area (Å²) in [5, 5.41) is 0.381. The van der Waals surface area contributed by atoms with Gasteiger partial charge in [0.2, 0.25) is 5.43 Å². The molecule has 5 heteroatoms. The van der Waals surface area contributed by atoms with E-state index in [1.807, 2.05) is 17.6 Å². The predicted octanol–water partition coefficient (Wildman–Crippen LogP) is 2.17. The largest absolute Gasteiger partial charge is 0.462 e. The molecule has 0 spiro atoms. The van der Waals surface area contributed by atoms with Crippen LogP contribution in [0.2, 0.25) is 0 Å². The number of aromatic nitrogens is 1. The number of fused-ring (bicyclic) bond motifs is 1. The molecule has 0 fully saturated rings. The summed E-state index contributed by atoms with van der Waals surface area (Å²) in [6.07, 6.45) is 2.45. The number of pyridine rings is 1. The van der Waals surface area contributed by atoms with E-state index in [9.17, 15) is 9.59 Å². The zero-order valence-electron chi connectivity index (χ0n) is 11.7. The lowest BCUT2D eigenvalue weighted by Gasteiger charge is -2.13. The molecule has 20 heavy (non-hydrogen) atoms. The van der Waals surface area contributed by atoms with Gasteiger partial charge in [0.15, 0.2) is 0 Å². The minimum absolute atomic E-state index is 0.0331. The van der Waals surface area contributed by atoms with E-state index >= 15 is 0 Å². The Kier molecular flexibility index (Phi) is 4.08. The number of aryl methyl sites for hydroxylation is 1. The van der Waals surface area contributed by atoms with E-state index in [0.717, 1.165) is 11.9 Å². The van der Waals surface area contributed by atoms with Crippen LogP contribution >= 0.6 is 0 Å². The second kappa shape index (κ2) is 5.77. The van der Waals surface area contributed by atoms with Crippen molar-refractivity contribution in [1.29, 1.82) is 0 Å². The zero-order valence-corrected chi connectivity index (χ0v) is 11.7. The monoisotopic (exact) mass is 274 g/mol. The van der Waals surface area contributed by atoms with Crippen molar-refractivity contribution in [2.45, 2.75) is 26.8 Å². The maximum Gasteiger partial charge on any atom is 0.343 e. The maximum absolute atomic E-state index is 12.4. The van der Waals surface area contributed by atoms with Gasteiger partial charge in [-0.3, -0.25) is 4.79 Å². The van der Waals surface area contributed by atoms with Crippen molar-refractivity contribution < 1.29 is 9.53 Å². The molecule has 1 heterocycles. The predicted molar refractivity (Wildman–Crippen MR) is 78.9 cm³/mol. The molecule has 0 aliphatic carbocycles. The molecule has 0 amide bonds. The van der Waals surface area contributed by atoms with E-state index in [2.05, 4.69) is 0 Å². The van der Waals surface area contributed by atoms with Gasteiger partial charge in [0, 0.05) is 18.4 Å². The summed E-state index contributed by atoms with van der Waals surface area (Å²) in [5.41, 5.74) is 6.68. The summed E-state index contributed by atoms with van der Waals surface area (Å²) in [5.74, 6) is -0.604. The number of hydrogen-bond donors (Lipinski definition) is 1. The van der Waals surface area contributed by atoms with Crippen molar-refractivity contribution in [3.63, 3.8) is 0 Å². The van der Waals surface area contributed by atoms with Gasteiger partial charge in [0.1, 0.15) is 5.56 Å². The van der Waals surface area contributed by atoms with Crippen LogP contribution in [0.15, 0.2) is 29.2 Å². The molecule has 1 aromatic heterocycles. The molecule has 0 aliphatic heterocycles. The van der Waals surface area contributed by atoms with Gasteiger partial charge in [-0.1, -0.05) is 13.0 Å². The highest BCUT2D eigenvalue weighted by atomic mass is 16.5. The van der Waals surface area contributed by atoms with Gasteiger partial charge in [0.05, 0.1) is 17.5 Å². The molecule has 5 nitrogen and oxygen atoms in total. The Hall–Kier alpha value is -2.30. The number of ether oxygens (including phenoxy) is 1. The summed E-state index contributed by atoms with van der Waals surface area (Å²) in [6, 6.07) is 5.29. The topological polar surface area (TPSA) is 74.3 Å². The smallest absolute Gasteiger partial charge is 0.343 e. The number of nitrogen functional groups attached to an aromatic ring is 1. The van der Waals surface area contributed by atoms with Crippen LogP contribution in [0.25, 0.3) is 10.9 Å². The Labute approximate surface area is 117 Å². The van der Waals surface area contributed by atoms with Crippen LogP contribution in [0, 0.1) is 0 Å². The van der Waals surface area contributed by atoms with E-state index < -0.39 is 5.97 Å². The first-order chi connectivity index (χ1) is 9.60. The van der Waals surface area contributed by atoms with Crippen LogP contribution in [0.1, 0.15) is 30.6 Å². The number of benzene rings is 1. The second-order valence-corrected chi connectivity index (χ2v) is 4.53. The molecule has 0 bridgehead atoms. The summed E-state index contributed by atoms with van der Waals surface area (Å²) in [6.45, 7) is 4.67. The normalized spacial score (nSPS) is 10.7. The molecule has 106 valence electrons. The van der Waals surface area contributed by atoms with Crippen LogP contribution < -0.4 is 11.2 Å². The summed E-state index contributed by atoms with van der Waals surface area (Å²) >= 11 is 0. The first kappa shape index (κ1) is 14.1. The molecule has 0 unspecified atom stereocenters. The number of carbonyl (C=O) groups is 1. The third kappa shape index (κ3) is 2.39. The first-order valence-electron chi connectivity index (χ1n) is 6.68. The van der Waals surface area contributed by atoms with E-state index in [-0.39, 0.29) is 17.6 Å². The Balaban J connectivity index is 2.78. The Bertz CT molecular complexity index is 704. The minimum atomic E-state index is -0.604. The number of nitrogens with two attached hydrogens (primary N) is 1. The van der Waals surface area contributed by atoms with Gasteiger partial charge in [-0.25, -0.2) is 4.79 Å². The summed E-state index contributed by atoms with van der Waals surface area (Å²) < 4.78 is 6.81. The molecule has 2 aromatic rings. The second-order valence-electron chi connectivity index (χ2n) is 4.53. The van der Waals surface area contributed by atoms with Crippen molar-refractivity contribution in [2.24, 2.45) is 0 Å². The quantitative estimate of drug-likeness (QED) is 0.685. The maximum atomic E-state index is 12.4. The van der Waals surface area contributed by atoms with Crippen molar-refractivity contribution in [2.75, 3.05) is 12.3 Å². The van der Waals surface area contributed by atoms with E-state index in [0.29, 0.717) is 17.6 Å². The minimum Gasteiger partial charge on any atom is -0.462 e. The average Bonchev–Trinajstić information content (AvgIpc) is 2.42. The number of rotatable bonds is 4. The lowest BCUT2D eigenvalue weighted by molar-refractivity contribution is 0.0524. The lowest BCUT2D eigenvalue weighted by Crippen LogP contribution is -2.21.